The molecule has 0 radical (unpaired) electrons. The van der Waals surface area contributed by atoms with Gasteiger partial charge in [0.05, 0.1) is 0 Å². The molecule has 1 atom stereocenters. The molecule has 0 spiro atoms. The number of rotatable bonds is 13. The molecule has 0 heterocycles. The van der Waals surface area contributed by atoms with E-state index in [9.17, 15) is 9.59 Å². The molecule has 4 heteroatoms. The Morgan fingerprint density at radius 2 is 0.868 bits per heavy atom. The van der Waals surface area contributed by atoms with Gasteiger partial charge in [0.15, 0.2) is 11.6 Å². The van der Waals surface area contributed by atoms with E-state index in [0.29, 0.717) is 33.9 Å². The minimum absolute atomic E-state index is 0.000342. The fraction of sp³-hybridized carbons (Fsp3) is 0.224. The van der Waals surface area contributed by atoms with E-state index < -0.39 is 5.60 Å². The van der Waals surface area contributed by atoms with Gasteiger partial charge in [-0.15, -0.1) is 0 Å². The van der Waals surface area contributed by atoms with Gasteiger partial charge < -0.3 is 9.47 Å². The van der Waals surface area contributed by atoms with Gasteiger partial charge in [-0.05, 0) is 104 Å². The molecule has 0 aromatic heterocycles. The lowest BCUT2D eigenvalue weighted by atomic mass is 9.78. The van der Waals surface area contributed by atoms with Gasteiger partial charge in [-0.2, -0.15) is 0 Å². The molecule has 6 aromatic carbocycles. The molecule has 0 amide bonds. The third kappa shape index (κ3) is 8.50. The highest BCUT2D eigenvalue weighted by molar-refractivity contribution is 6.09. The van der Waals surface area contributed by atoms with Crippen molar-refractivity contribution in [2.75, 3.05) is 0 Å². The Morgan fingerprint density at radius 3 is 1.32 bits per heavy atom. The van der Waals surface area contributed by atoms with E-state index in [1.807, 2.05) is 130 Å². The maximum atomic E-state index is 13.1. The van der Waals surface area contributed by atoms with E-state index in [1.54, 1.807) is 0 Å². The van der Waals surface area contributed by atoms with Crippen molar-refractivity contribution in [1.82, 2.24) is 0 Å². The average molecular weight is 701 g/mol. The number of carbonyl (C=O) groups is 2. The van der Waals surface area contributed by atoms with Crippen LogP contribution in [0, 0.1) is 6.92 Å². The molecule has 4 nitrogen and oxygen atoms in total. The summed E-state index contributed by atoms with van der Waals surface area (Å²) in [5.74, 6) is 2.65. The van der Waals surface area contributed by atoms with E-state index in [4.69, 9.17) is 9.47 Å². The monoisotopic (exact) mass is 700 g/mol. The van der Waals surface area contributed by atoms with Crippen LogP contribution in [0.1, 0.15) is 114 Å². The van der Waals surface area contributed by atoms with Gasteiger partial charge in [0.2, 0.25) is 0 Å². The van der Waals surface area contributed by atoms with Crippen LogP contribution in [0.25, 0.3) is 0 Å². The zero-order valence-corrected chi connectivity index (χ0v) is 31.8. The molecule has 53 heavy (non-hydrogen) atoms. The van der Waals surface area contributed by atoms with Crippen LogP contribution in [0.3, 0.4) is 0 Å². The van der Waals surface area contributed by atoms with E-state index in [-0.39, 0.29) is 17.0 Å². The summed E-state index contributed by atoms with van der Waals surface area (Å²) in [6.07, 6.45) is 1.07. The highest BCUT2D eigenvalue weighted by atomic mass is 16.5. The van der Waals surface area contributed by atoms with Crippen molar-refractivity contribution in [3.05, 3.63) is 196 Å². The van der Waals surface area contributed by atoms with Crippen LogP contribution in [-0.2, 0) is 11.0 Å². The van der Waals surface area contributed by atoms with Gasteiger partial charge in [0.1, 0.15) is 22.8 Å². The van der Waals surface area contributed by atoms with Crippen molar-refractivity contribution < 1.29 is 19.1 Å². The fourth-order valence-corrected chi connectivity index (χ4v) is 6.47. The topological polar surface area (TPSA) is 52.6 Å². The van der Waals surface area contributed by atoms with Crippen molar-refractivity contribution >= 4 is 11.6 Å². The van der Waals surface area contributed by atoms with Gasteiger partial charge >= 0.3 is 0 Å². The van der Waals surface area contributed by atoms with Gasteiger partial charge in [-0.25, -0.2) is 0 Å². The highest BCUT2D eigenvalue weighted by Gasteiger charge is 2.26. The summed E-state index contributed by atoms with van der Waals surface area (Å²) in [5, 5.41) is 0. The van der Waals surface area contributed by atoms with Crippen molar-refractivity contribution in [1.29, 1.82) is 0 Å². The lowest BCUT2D eigenvalue weighted by molar-refractivity contribution is 0.102. The van der Waals surface area contributed by atoms with E-state index in [0.717, 1.165) is 40.2 Å². The van der Waals surface area contributed by atoms with Crippen molar-refractivity contribution in [3.63, 3.8) is 0 Å². The molecule has 0 N–H and O–H groups in total. The van der Waals surface area contributed by atoms with Crippen molar-refractivity contribution in [2.45, 2.75) is 71.8 Å². The molecular weight excluding hydrogens is 653 g/mol. The summed E-state index contributed by atoms with van der Waals surface area (Å²) in [7, 11) is 0. The Labute approximate surface area is 314 Å². The first kappa shape index (κ1) is 37.0. The third-order valence-electron chi connectivity index (χ3n) is 10.4. The van der Waals surface area contributed by atoms with Crippen LogP contribution in [-0.4, -0.2) is 11.6 Å². The molecule has 0 aliphatic heterocycles. The van der Waals surface area contributed by atoms with Crippen LogP contribution >= 0.6 is 0 Å². The van der Waals surface area contributed by atoms with Crippen molar-refractivity contribution in [2.24, 2.45) is 0 Å². The largest absolute Gasteiger partial charge is 0.483 e. The lowest BCUT2D eigenvalue weighted by Crippen LogP contribution is -2.25. The van der Waals surface area contributed by atoms with E-state index >= 15 is 0 Å². The number of carbonyl (C=O) groups excluding carboxylic acids is 2. The first-order chi connectivity index (χ1) is 25.3. The lowest BCUT2D eigenvalue weighted by Gasteiger charge is -2.29. The summed E-state index contributed by atoms with van der Waals surface area (Å²) in [5.41, 5.74) is 7.45. The Balaban J connectivity index is 1.06. The quantitative estimate of drug-likeness (QED) is 0.113. The average Bonchev–Trinajstić information content (AvgIpc) is 3.18. The summed E-state index contributed by atoms with van der Waals surface area (Å²) in [4.78, 5) is 26.0. The first-order valence-corrected chi connectivity index (χ1v) is 18.4. The molecule has 1 unspecified atom stereocenters. The maximum absolute atomic E-state index is 13.1. The second-order valence-electron chi connectivity index (χ2n) is 14.9. The van der Waals surface area contributed by atoms with E-state index in [2.05, 4.69) is 64.1 Å². The Bertz CT molecular complexity index is 2160. The molecule has 0 aliphatic carbocycles. The van der Waals surface area contributed by atoms with Crippen LogP contribution in [0.2, 0.25) is 0 Å². The number of hydrogen-bond acceptors (Lipinski definition) is 4. The molecule has 0 bridgehead atoms. The summed E-state index contributed by atoms with van der Waals surface area (Å²) >= 11 is 0. The van der Waals surface area contributed by atoms with Crippen LogP contribution in [0.5, 0.6) is 17.2 Å². The standard InChI is InChI=1S/C49H48O4/c1-8-34(3)35-13-15-37(16-14-35)47(51)39-19-27-43(28-20-39)52-44-29-23-40(24-30-44)48(4,5)41-25-31-45(32-26-41)53-49(6,7)42-21-17-38(18-22-42)46(50)36-11-9-33(2)10-12-36/h9-32,34H,8H2,1-7H3. The molecule has 6 aromatic rings. The molecule has 0 fully saturated rings. The molecule has 6 rings (SSSR count). The SMILES string of the molecule is CCC(C)c1ccc(C(=O)c2ccc(Oc3ccc(C(C)(C)c4ccc(OC(C)(C)c5ccc(C(=O)c6ccc(C)cc6)cc5)cc4)cc3)cc2)cc1. The van der Waals surface area contributed by atoms with Gasteiger partial charge in [0.25, 0.3) is 0 Å². The van der Waals surface area contributed by atoms with Crippen LogP contribution in [0.4, 0.5) is 0 Å². The number of ketones is 2. The number of benzene rings is 6. The minimum Gasteiger partial charge on any atom is -0.483 e. The predicted octanol–water partition coefficient (Wildman–Crippen LogP) is 12.4. The van der Waals surface area contributed by atoms with E-state index in [1.165, 1.54) is 5.56 Å². The van der Waals surface area contributed by atoms with Gasteiger partial charge in [0, 0.05) is 27.7 Å². The normalized spacial score (nSPS) is 12.2. The summed E-state index contributed by atoms with van der Waals surface area (Å²) in [6.45, 7) is 14.9. The molecule has 268 valence electrons. The zero-order chi connectivity index (χ0) is 37.8. The number of hydrogen-bond donors (Lipinski definition) is 0. The Morgan fingerprint density at radius 1 is 0.509 bits per heavy atom. The first-order valence-electron chi connectivity index (χ1n) is 18.4. The van der Waals surface area contributed by atoms with Gasteiger partial charge in [-0.3, -0.25) is 9.59 Å². The van der Waals surface area contributed by atoms with Gasteiger partial charge in [-0.1, -0.05) is 130 Å². The summed E-state index contributed by atoms with van der Waals surface area (Å²) in [6, 6.07) is 47.0. The Kier molecular flexibility index (Phi) is 10.8. The molecule has 0 saturated carbocycles. The van der Waals surface area contributed by atoms with Crippen LogP contribution in [0.15, 0.2) is 146 Å². The molecular formula is C49H48O4. The predicted molar refractivity (Wildman–Crippen MR) is 215 cm³/mol. The smallest absolute Gasteiger partial charge is 0.193 e. The van der Waals surface area contributed by atoms with Crippen LogP contribution < -0.4 is 9.47 Å². The minimum atomic E-state index is -0.604. The van der Waals surface area contributed by atoms with Crippen molar-refractivity contribution in [3.8, 4) is 17.2 Å². The number of ether oxygens (including phenoxy) is 2. The maximum Gasteiger partial charge on any atom is 0.193 e. The third-order valence-corrected chi connectivity index (χ3v) is 10.4. The number of aryl methyl sites for hydroxylation is 1. The zero-order valence-electron chi connectivity index (χ0n) is 31.8. The fourth-order valence-electron chi connectivity index (χ4n) is 6.47. The highest BCUT2D eigenvalue weighted by Crippen LogP contribution is 2.36. The Hall–Kier alpha value is -5.74. The molecule has 0 saturated heterocycles. The summed E-state index contributed by atoms with van der Waals surface area (Å²) < 4.78 is 12.6. The second kappa shape index (κ2) is 15.5. The second-order valence-corrected chi connectivity index (χ2v) is 14.9. The molecule has 0 aliphatic rings.